The van der Waals surface area contributed by atoms with Crippen LogP contribution in [0.15, 0.2) is 18.2 Å². The van der Waals surface area contributed by atoms with E-state index in [9.17, 15) is 0 Å². The number of hydroxylamine groups is 2. The van der Waals surface area contributed by atoms with Crippen molar-refractivity contribution in [3.8, 4) is 5.75 Å². The number of nitrogens with two attached hydrogens (primary N) is 1. The lowest BCUT2D eigenvalue weighted by atomic mass is 10.2. The number of rotatable bonds is 3. The first-order valence-electron chi connectivity index (χ1n) is 5.59. The lowest BCUT2D eigenvalue weighted by Crippen LogP contribution is -2.29. The zero-order chi connectivity index (χ0) is 11.4. The third kappa shape index (κ3) is 2.87. The van der Waals surface area contributed by atoms with Crippen molar-refractivity contribution in [2.75, 3.05) is 26.0 Å². The first kappa shape index (κ1) is 11.2. The minimum atomic E-state index is 0.728. The van der Waals surface area contributed by atoms with Gasteiger partial charge in [-0.1, -0.05) is 0 Å². The van der Waals surface area contributed by atoms with Crippen molar-refractivity contribution in [2.24, 2.45) is 0 Å². The van der Waals surface area contributed by atoms with Crippen LogP contribution in [-0.2, 0) is 11.4 Å². The highest BCUT2D eigenvalue weighted by Gasteiger charge is 2.11. The summed E-state index contributed by atoms with van der Waals surface area (Å²) in [4.78, 5) is 5.55. The van der Waals surface area contributed by atoms with Gasteiger partial charge >= 0.3 is 0 Å². The van der Waals surface area contributed by atoms with E-state index >= 15 is 0 Å². The molecule has 88 valence electrons. The smallest absolute Gasteiger partial charge is 0.121 e. The second-order valence-corrected chi connectivity index (χ2v) is 4.02. The Morgan fingerprint density at radius 2 is 2.25 bits per heavy atom. The molecule has 0 unspecified atom stereocenters. The van der Waals surface area contributed by atoms with E-state index in [1.807, 2.05) is 23.3 Å². The zero-order valence-electron chi connectivity index (χ0n) is 9.61. The molecule has 1 heterocycles. The normalized spacial score (nSPS) is 17.3. The van der Waals surface area contributed by atoms with Gasteiger partial charge in [0.15, 0.2) is 0 Å². The molecule has 0 amide bonds. The van der Waals surface area contributed by atoms with Crippen LogP contribution < -0.4 is 10.5 Å². The second-order valence-electron chi connectivity index (χ2n) is 4.02. The molecule has 1 aliphatic rings. The molecule has 0 saturated carbocycles. The fourth-order valence-corrected chi connectivity index (χ4v) is 1.87. The van der Waals surface area contributed by atoms with E-state index in [1.54, 1.807) is 7.11 Å². The molecule has 16 heavy (non-hydrogen) atoms. The number of benzene rings is 1. The van der Waals surface area contributed by atoms with Crippen LogP contribution in [0, 0.1) is 0 Å². The molecule has 1 aromatic carbocycles. The first-order valence-corrected chi connectivity index (χ1v) is 5.59. The summed E-state index contributed by atoms with van der Waals surface area (Å²) in [7, 11) is 1.65. The van der Waals surface area contributed by atoms with Gasteiger partial charge in [0.2, 0.25) is 0 Å². The van der Waals surface area contributed by atoms with Crippen molar-refractivity contribution in [3.63, 3.8) is 0 Å². The zero-order valence-corrected chi connectivity index (χ0v) is 9.61. The maximum Gasteiger partial charge on any atom is 0.121 e. The number of methoxy groups -OCH3 is 1. The maximum absolute atomic E-state index is 5.80. The lowest BCUT2D eigenvalue weighted by molar-refractivity contribution is -0.187. The van der Waals surface area contributed by atoms with Crippen LogP contribution in [0.25, 0.3) is 0 Å². The summed E-state index contributed by atoms with van der Waals surface area (Å²) in [5, 5.41) is 1.98. The monoisotopic (exact) mass is 222 g/mol. The number of anilines is 1. The predicted molar refractivity (Wildman–Crippen MR) is 63.0 cm³/mol. The average molecular weight is 222 g/mol. The molecular formula is C12H18N2O2. The van der Waals surface area contributed by atoms with Gasteiger partial charge in [-0.25, -0.2) is 0 Å². The average Bonchev–Trinajstić information content (AvgIpc) is 2.29. The minimum Gasteiger partial charge on any atom is -0.497 e. The summed E-state index contributed by atoms with van der Waals surface area (Å²) in [5.41, 5.74) is 7.65. The number of nitrogens with zero attached hydrogens (tertiary/aromatic N) is 1. The maximum atomic E-state index is 5.80. The molecule has 1 aromatic rings. The Hall–Kier alpha value is -1.26. The van der Waals surface area contributed by atoms with Gasteiger partial charge < -0.3 is 10.5 Å². The van der Waals surface area contributed by atoms with E-state index in [-0.39, 0.29) is 0 Å². The largest absolute Gasteiger partial charge is 0.497 e. The Labute approximate surface area is 95.9 Å². The van der Waals surface area contributed by atoms with Gasteiger partial charge in [0.05, 0.1) is 13.7 Å². The van der Waals surface area contributed by atoms with Gasteiger partial charge in [-0.2, -0.15) is 5.06 Å². The van der Waals surface area contributed by atoms with E-state index in [2.05, 4.69) is 0 Å². The fraction of sp³-hybridized carbons (Fsp3) is 0.500. The minimum absolute atomic E-state index is 0.728. The van der Waals surface area contributed by atoms with Gasteiger partial charge in [-0.15, -0.1) is 0 Å². The Morgan fingerprint density at radius 3 is 2.94 bits per heavy atom. The molecule has 0 bridgehead atoms. The molecule has 0 aromatic heterocycles. The summed E-state index contributed by atoms with van der Waals surface area (Å²) in [5.74, 6) is 0.798. The Balaban J connectivity index is 2.04. The van der Waals surface area contributed by atoms with E-state index in [0.717, 1.165) is 43.1 Å². The van der Waals surface area contributed by atoms with Gasteiger partial charge in [-0.05, 0) is 30.5 Å². The highest BCUT2D eigenvalue weighted by molar-refractivity contribution is 5.47. The summed E-state index contributed by atoms with van der Waals surface area (Å²) >= 11 is 0. The van der Waals surface area contributed by atoms with Crippen LogP contribution in [0.5, 0.6) is 5.75 Å². The van der Waals surface area contributed by atoms with Crippen molar-refractivity contribution in [2.45, 2.75) is 19.4 Å². The molecule has 2 N–H and O–H groups in total. The SMILES string of the molecule is COc1cc(N)cc(CN2CCCCO2)c1. The van der Waals surface area contributed by atoms with Crippen LogP contribution in [0.3, 0.4) is 0 Å². The Morgan fingerprint density at radius 1 is 1.38 bits per heavy atom. The van der Waals surface area contributed by atoms with Crippen molar-refractivity contribution in [1.82, 2.24) is 5.06 Å². The van der Waals surface area contributed by atoms with Crippen LogP contribution in [-0.4, -0.2) is 25.3 Å². The number of ether oxygens (including phenoxy) is 1. The van der Waals surface area contributed by atoms with Crippen molar-refractivity contribution in [3.05, 3.63) is 23.8 Å². The molecule has 0 aliphatic carbocycles. The van der Waals surface area contributed by atoms with Gasteiger partial charge in [0.1, 0.15) is 5.75 Å². The van der Waals surface area contributed by atoms with Crippen LogP contribution in [0.1, 0.15) is 18.4 Å². The van der Waals surface area contributed by atoms with E-state index in [0.29, 0.717) is 0 Å². The van der Waals surface area contributed by atoms with E-state index < -0.39 is 0 Å². The number of hydrogen-bond acceptors (Lipinski definition) is 4. The van der Waals surface area contributed by atoms with Crippen molar-refractivity contribution >= 4 is 5.69 Å². The van der Waals surface area contributed by atoms with Crippen molar-refractivity contribution in [1.29, 1.82) is 0 Å². The second kappa shape index (κ2) is 5.18. The summed E-state index contributed by atoms with van der Waals surface area (Å²) in [6.45, 7) is 2.57. The Bertz CT molecular complexity index is 349. The summed E-state index contributed by atoms with van der Waals surface area (Å²) in [6, 6.07) is 5.77. The molecule has 1 fully saturated rings. The third-order valence-electron chi connectivity index (χ3n) is 2.66. The van der Waals surface area contributed by atoms with E-state index in [4.69, 9.17) is 15.3 Å². The van der Waals surface area contributed by atoms with Crippen LogP contribution >= 0.6 is 0 Å². The van der Waals surface area contributed by atoms with Gasteiger partial charge in [-0.3, -0.25) is 4.84 Å². The lowest BCUT2D eigenvalue weighted by Gasteiger charge is -2.26. The molecule has 0 atom stereocenters. The highest BCUT2D eigenvalue weighted by Crippen LogP contribution is 2.20. The molecule has 1 saturated heterocycles. The van der Waals surface area contributed by atoms with E-state index in [1.165, 1.54) is 6.42 Å². The molecule has 4 heteroatoms. The standard InChI is InChI=1S/C12H18N2O2/c1-15-12-7-10(6-11(13)8-12)9-14-4-2-3-5-16-14/h6-8H,2-5,9,13H2,1H3. The fourth-order valence-electron chi connectivity index (χ4n) is 1.87. The quantitative estimate of drug-likeness (QED) is 0.792. The number of hydrogen-bond donors (Lipinski definition) is 1. The first-order chi connectivity index (χ1) is 7.78. The molecule has 0 spiro atoms. The third-order valence-corrected chi connectivity index (χ3v) is 2.66. The predicted octanol–water partition coefficient (Wildman–Crippen LogP) is 1.80. The Kier molecular flexibility index (Phi) is 3.64. The van der Waals surface area contributed by atoms with Gasteiger partial charge in [0.25, 0.3) is 0 Å². The van der Waals surface area contributed by atoms with Crippen LogP contribution in [0.4, 0.5) is 5.69 Å². The topological polar surface area (TPSA) is 47.7 Å². The molecule has 2 rings (SSSR count). The molecule has 0 radical (unpaired) electrons. The highest BCUT2D eigenvalue weighted by atomic mass is 16.7. The molecular weight excluding hydrogens is 204 g/mol. The van der Waals surface area contributed by atoms with Crippen molar-refractivity contribution < 1.29 is 9.57 Å². The summed E-state index contributed by atoms with van der Waals surface area (Å²) < 4.78 is 5.19. The number of nitrogen functional groups attached to an aromatic ring is 1. The van der Waals surface area contributed by atoms with Gasteiger partial charge in [0, 0.05) is 24.8 Å². The summed E-state index contributed by atoms with van der Waals surface area (Å²) in [6.07, 6.45) is 2.34. The van der Waals surface area contributed by atoms with Crippen LogP contribution in [0.2, 0.25) is 0 Å². The molecule has 4 nitrogen and oxygen atoms in total. The molecule has 1 aliphatic heterocycles.